The first-order valence-electron chi connectivity index (χ1n) is 5.56. The molecule has 0 spiro atoms. The van der Waals surface area contributed by atoms with Crippen molar-refractivity contribution in [2.45, 2.75) is 71.0 Å². The van der Waals surface area contributed by atoms with Gasteiger partial charge in [-0.3, -0.25) is 0 Å². The highest BCUT2D eigenvalue weighted by Gasteiger charge is 2.03. The van der Waals surface area contributed by atoms with Crippen LogP contribution in [-0.4, -0.2) is 22.4 Å². The lowest BCUT2D eigenvalue weighted by Crippen LogP contribution is -2.07. The standard InChI is InChI=1S/C11H24O2/c1-3-7-11(13)9-6-5-8-10(12)4-2/h10-13H,3-9H2,1-2H3. The third kappa shape index (κ3) is 8.26. The van der Waals surface area contributed by atoms with Crippen LogP contribution in [0.4, 0.5) is 0 Å². The molecule has 2 nitrogen and oxygen atoms in total. The normalized spacial score (nSPS) is 15.7. The molecular weight excluding hydrogens is 164 g/mol. The van der Waals surface area contributed by atoms with Crippen molar-refractivity contribution in [1.29, 1.82) is 0 Å². The van der Waals surface area contributed by atoms with Gasteiger partial charge in [0.15, 0.2) is 0 Å². The Hall–Kier alpha value is -0.0800. The topological polar surface area (TPSA) is 40.5 Å². The number of rotatable bonds is 8. The van der Waals surface area contributed by atoms with Crippen molar-refractivity contribution in [1.82, 2.24) is 0 Å². The molecule has 0 aromatic rings. The maximum atomic E-state index is 9.41. The summed E-state index contributed by atoms with van der Waals surface area (Å²) in [6.45, 7) is 4.08. The molecule has 0 aromatic carbocycles. The Morgan fingerprint density at radius 3 is 1.85 bits per heavy atom. The molecule has 13 heavy (non-hydrogen) atoms. The molecule has 80 valence electrons. The van der Waals surface area contributed by atoms with Crippen LogP contribution in [0, 0.1) is 0 Å². The average Bonchev–Trinajstić information content (AvgIpc) is 2.12. The third-order valence-electron chi connectivity index (χ3n) is 2.42. The zero-order valence-electron chi connectivity index (χ0n) is 9.00. The Bertz CT molecular complexity index is 104. The fourth-order valence-electron chi connectivity index (χ4n) is 1.44. The Morgan fingerprint density at radius 1 is 0.846 bits per heavy atom. The minimum atomic E-state index is -0.136. The summed E-state index contributed by atoms with van der Waals surface area (Å²) in [6.07, 6.45) is 6.41. The average molecular weight is 188 g/mol. The van der Waals surface area contributed by atoms with Crippen molar-refractivity contribution in [2.24, 2.45) is 0 Å². The monoisotopic (exact) mass is 188 g/mol. The van der Waals surface area contributed by atoms with E-state index in [1.165, 1.54) is 0 Å². The Kier molecular flexibility index (Phi) is 8.46. The van der Waals surface area contributed by atoms with E-state index in [-0.39, 0.29) is 12.2 Å². The van der Waals surface area contributed by atoms with Crippen molar-refractivity contribution in [3.8, 4) is 0 Å². The predicted octanol–water partition coefficient (Wildman–Crippen LogP) is 2.48. The SMILES string of the molecule is CCCC(O)CCCCC(O)CC. The lowest BCUT2D eigenvalue weighted by atomic mass is 10.0. The van der Waals surface area contributed by atoms with Gasteiger partial charge in [0, 0.05) is 0 Å². The van der Waals surface area contributed by atoms with E-state index >= 15 is 0 Å². The van der Waals surface area contributed by atoms with Crippen LogP contribution < -0.4 is 0 Å². The molecule has 0 bridgehead atoms. The molecule has 0 aliphatic heterocycles. The molecule has 0 aromatic heterocycles. The molecule has 0 amide bonds. The summed E-state index contributed by atoms with van der Waals surface area (Å²) in [6, 6.07) is 0. The van der Waals surface area contributed by atoms with Gasteiger partial charge in [-0.2, -0.15) is 0 Å². The van der Waals surface area contributed by atoms with E-state index in [1.807, 2.05) is 6.92 Å². The molecule has 0 saturated carbocycles. The second-order valence-electron chi connectivity index (χ2n) is 3.79. The van der Waals surface area contributed by atoms with Crippen molar-refractivity contribution < 1.29 is 10.2 Å². The summed E-state index contributed by atoms with van der Waals surface area (Å²) in [7, 11) is 0. The molecule has 2 unspecified atom stereocenters. The molecular formula is C11H24O2. The number of aliphatic hydroxyl groups is 2. The van der Waals surface area contributed by atoms with Crippen LogP contribution in [0.15, 0.2) is 0 Å². The van der Waals surface area contributed by atoms with Gasteiger partial charge in [0.2, 0.25) is 0 Å². The summed E-state index contributed by atoms with van der Waals surface area (Å²) >= 11 is 0. The third-order valence-corrected chi connectivity index (χ3v) is 2.42. The van der Waals surface area contributed by atoms with Gasteiger partial charge >= 0.3 is 0 Å². The number of hydrogen-bond donors (Lipinski definition) is 2. The largest absolute Gasteiger partial charge is 0.393 e. The Balaban J connectivity index is 3.15. The van der Waals surface area contributed by atoms with Gasteiger partial charge in [0.25, 0.3) is 0 Å². The minimum Gasteiger partial charge on any atom is -0.393 e. The summed E-state index contributed by atoms with van der Waals surface area (Å²) in [4.78, 5) is 0. The van der Waals surface area contributed by atoms with Gasteiger partial charge < -0.3 is 10.2 Å². The van der Waals surface area contributed by atoms with Gasteiger partial charge in [-0.15, -0.1) is 0 Å². The maximum absolute atomic E-state index is 9.41. The van der Waals surface area contributed by atoms with Crippen molar-refractivity contribution in [2.75, 3.05) is 0 Å². The van der Waals surface area contributed by atoms with Crippen LogP contribution in [0.3, 0.4) is 0 Å². The first-order valence-corrected chi connectivity index (χ1v) is 5.56. The van der Waals surface area contributed by atoms with Crippen LogP contribution >= 0.6 is 0 Å². The lowest BCUT2D eigenvalue weighted by molar-refractivity contribution is 0.137. The van der Waals surface area contributed by atoms with E-state index < -0.39 is 0 Å². The molecule has 0 aliphatic carbocycles. The zero-order chi connectivity index (χ0) is 10.1. The molecule has 2 heteroatoms. The summed E-state index contributed by atoms with van der Waals surface area (Å²) < 4.78 is 0. The quantitative estimate of drug-likeness (QED) is 0.574. The highest BCUT2D eigenvalue weighted by Crippen LogP contribution is 2.10. The van der Waals surface area contributed by atoms with E-state index in [4.69, 9.17) is 0 Å². The molecule has 0 radical (unpaired) electrons. The van der Waals surface area contributed by atoms with Gasteiger partial charge in [0.1, 0.15) is 0 Å². The van der Waals surface area contributed by atoms with Crippen molar-refractivity contribution in [3.05, 3.63) is 0 Å². The first-order chi connectivity index (χ1) is 6.20. The van der Waals surface area contributed by atoms with Crippen LogP contribution in [0.1, 0.15) is 58.8 Å². The van der Waals surface area contributed by atoms with Crippen LogP contribution in [0.5, 0.6) is 0 Å². The molecule has 2 atom stereocenters. The smallest absolute Gasteiger partial charge is 0.0540 e. The lowest BCUT2D eigenvalue weighted by Gasteiger charge is -2.10. The molecule has 0 heterocycles. The van der Waals surface area contributed by atoms with E-state index in [9.17, 15) is 10.2 Å². The maximum Gasteiger partial charge on any atom is 0.0540 e. The molecule has 0 saturated heterocycles. The van der Waals surface area contributed by atoms with Crippen molar-refractivity contribution in [3.63, 3.8) is 0 Å². The number of hydrogen-bond acceptors (Lipinski definition) is 2. The Morgan fingerprint density at radius 2 is 1.38 bits per heavy atom. The van der Waals surface area contributed by atoms with Gasteiger partial charge in [0.05, 0.1) is 12.2 Å². The van der Waals surface area contributed by atoms with Gasteiger partial charge in [-0.05, 0) is 25.7 Å². The zero-order valence-corrected chi connectivity index (χ0v) is 9.00. The summed E-state index contributed by atoms with van der Waals surface area (Å²) in [5.74, 6) is 0. The second kappa shape index (κ2) is 8.52. The highest BCUT2D eigenvalue weighted by molar-refractivity contribution is 4.57. The highest BCUT2D eigenvalue weighted by atomic mass is 16.3. The van der Waals surface area contributed by atoms with Crippen LogP contribution in [0.25, 0.3) is 0 Å². The fraction of sp³-hybridized carbons (Fsp3) is 1.00. The van der Waals surface area contributed by atoms with Crippen molar-refractivity contribution >= 4 is 0 Å². The minimum absolute atomic E-state index is 0.122. The molecule has 0 aliphatic rings. The molecule has 2 N–H and O–H groups in total. The summed E-state index contributed by atoms with van der Waals surface area (Å²) in [5.41, 5.74) is 0. The van der Waals surface area contributed by atoms with Crippen LogP contribution in [0.2, 0.25) is 0 Å². The van der Waals surface area contributed by atoms with E-state index in [1.54, 1.807) is 0 Å². The number of unbranched alkanes of at least 4 members (excludes halogenated alkanes) is 1. The van der Waals surface area contributed by atoms with E-state index in [2.05, 4.69) is 6.92 Å². The molecule has 0 fully saturated rings. The summed E-state index contributed by atoms with van der Waals surface area (Å²) in [5, 5.41) is 18.7. The van der Waals surface area contributed by atoms with Gasteiger partial charge in [-0.1, -0.05) is 33.1 Å². The predicted molar refractivity (Wildman–Crippen MR) is 55.7 cm³/mol. The first kappa shape index (κ1) is 12.9. The Labute approximate surface area is 82.0 Å². The van der Waals surface area contributed by atoms with E-state index in [0.717, 1.165) is 44.9 Å². The van der Waals surface area contributed by atoms with Gasteiger partial charge in [-0.25, -0.2) is 0 Å². The van der Waals surface area contributed by atoms with Crippen LogP contribution in [-0.2, 0) is 0 Å². The fourth-order valence-corrected chi connectivity index (χ4v) is 1.44. The number of aliphatic hydroxyl groups excluding tert-OH is 2. The van der Waals surface area contributed by atoms with E-state index in [0.29, 0.717) is 0 Å². The second-order valence-corrected chi connectivity index (χ2v) is 3.79. The molecule has 0 rings (SSSR count).